The van der Waals surface area contributed by atoms with Gasteiger partial charge in [-0.25, -0.2) is 0 Å². The van der Waals surface area contributed by atoms with Gasteiger partial charge in [-0.05, 0) is 48.3 Å². The van der Waals surface area contributed by atoms with Crippen molar-refractivity contribution in [1.82, 2.24) is 0 Å². The molecule has 0 amide bonds. The smallest absolute Gasteiger partial charge is 0.0595 e. The van der Waals surface area contributed by atoms with E-state index < -0.39 is 0 Å². The molecule has 0 unspecified atom stereocenters. The van der Waals surface area contributed by atoms with E-state index in [9.17, 15) is 0 Å². The second-order valence-corrected chi connectivity index (χ2v) is 7.02. The summed E-state index contributed by atoms with van der Waals surface area (Å²) < 4.78 is 0. The van der Waals surface area contributed by atoms with E-state index in [4.69, 9.17) is 23.2 Å². The Kier molecular flexibility index (Phi) is 4.10. The highest BCUT2D eigenvalue weighted by molar-refractivity contribution is 6.42. The van der Waals surface area contributed by atoms with Crippen LogP contribution in [0.2, 0.25) is 10.0 Å². The molecule has 0 bridgehead atoms. The molecule has 0 saturated heterocycles. The molecule has 1 radical (unpaired) electrons. The van der Waals surface area contributed by atoms with E-state index in [-0.39, 0.29) is 5.41 Å². The minimum Gasteiger partial charge on any atom is -0.0827 e. The maximum atomic E-state index is 6.20. The Morgan fingerprint density at radius 1 is 0.947 bits per heavy atom. The molecule has 19 heavy (non-hydrogen) atoms. The molecular formula is C17H21Cl2. The summed E-state index contributed by atoms with van der Waals surface area (Å²) >= 11 is 12.2. The summed E-state index contributed by atoms with van der Waals surface area (Å²) in [4.78, 5) is 0. The zero-order valence-corrected chi connectivity index (χ0v) is 12.8. The molecule has 1 aromatic rings. The molecule has 2 aliphatic rings. The first-order chi connectivity index (χ1) is 9.20. The molecule has 0 aliphatic heterocycles. The van der Waals surface area contributed by atoms with Crippen LogP contribution in [-0.4, -0.2) is 0 Å². The van der Waals surface area contributed by atoms with E-state index in [0.717, 1.165) is 5.92 Å². The van der Waals surface area contributed by atoms with Gasteiger partial charge in [0.15, 0.2) is 0 Å². The highest BCUT2D eigenvalue weighted by Crippen LogP contribution is 2.50. The third-order valence-electron chi connectivity index (χ3n) is 4.94. The zero-order chi connectivity index (χ0) is 13.3. The summed E-state index contributed by atoms with van der Waals surface area (Å²) in [6, 6.07) is 6.21. The van der Waals surface area contributed by atoms with Crippen molar-refractivity contribution < 1.29 is 0 Å². The van der Waals surface area contributed by atoms with Gasteiger partial charge in [-0.15, -0.1) is 0 Å². The number of hydrogen-bond acceptors (Lipinski definition) is 0. The van der Waals surface area contributed by atoms with Crippen molar-refractivity contribution in [2.24, 2.45) is 5.92 Å². The van der Waals surface area contributed by atoms with Crippen LogP contribution in [0.15, 0.2) is 18.2 Å². The van der Waals surface area contributed by atoms with Crippen LogP contribution in [0.5, 0.6) is 0 Å². The van der Waals surface area contributed by atoms with Crippen LogP contribution >= 0.6 is 23.2 Å². The van der Waals surface area contributed by atoms with Crippen LogP contribution in [0.3, 0.4) is 0 Å². The lowest BCUT2D eigenvalue weighted by Gasteiger charge is -2.45. The molecule has 0 heterocycles. The topological polar surface area (TPSA) is 0 Å². The van der Waals surface area contributed by atoms with Gasteiger partial charge in [0.05, 0.1) is 10.0 Å². The van der Waals surface area contributed by atoms with E-state index in [0.29, 0.717) is 10.0 Å². The van der Waals surface area contributed by atoms with Gasteiger partial charge in [-0.1, -0.05) is 67.8 Å². The minimum absolute atomic E-state index is 0.288. The number of benzene rings is 1. The fourth-order valence-corrected chi connectivity index (χ4v) is 3.97. The number of hydrogen-bond donors (Lipinski definition) is 0. The average molecular weight is 296 g/mol. The van der Waals surface area contributed by atoms with Gasteiger partial charge in [0, 0.05) is 0 Å². The van der Waals surface area contributed by atoms with Crippen LogP contribution in [0.25, 0.3) is 0 Å². The van der Waals surface area contributed by atoms with Gasteiger partial charge in [-0.2, -0.15) is 0 Å². The van der Waals surface area contributed by atoms with Crippen molar-refractivity contribution in [3.8, 4) is 0 Å². The molecule has 2 saturated carbocycles. The highest BCUT2D eigenvalue weighted by Gasteiger charge is 2.40. The normalized spacial score (nSPS) is 23.1. The van der Waals surface area contributed by atoms with Crippen LogP contribution in [-0.2, 0) is 5.41 Å². The fraction of sp³-hybridized carbons (Fsp3) is 0.588. The number of halogens is 2. The van der Waals surface area contributed by atoms with Gasteiger partial charge in [-0.3, -0.25) is 0 Å². The lowest BCUT2D eigenvalue weighted by molar-refractivity contribution is 0.241. The molecule has 2 heteroatoms. The summed E-state index contributed by atoms with van der Waals surface area (Å²) in [6.07, 6.45) is 13.5. The predicted octanol–water partition coefficient (Wildman–Crippen LogP) is 6.20. The Morgan fingerprint density at radius 3 is 2.26 bits per heavy atom. The summed E-state index contributed by atoms with van der Waals surface area (Å²) in [7, 11) is 0. The van der Waals surface area contributed by atoms with Crippen LogP contribution in [0, 0.1) is 12.3 Å². The number of rotatable bonds is 3. The third-order valence-corrected chi connectivity index (χ3v) is 5.68. The second-order valence-electron chi connectivity index (χ2n) is 6.20. The second kappa shape index (κ2) is 5.66. The first-order valence-electron chi connectivity index (χ1n) is 7.51. The molecule has 2 fully saturated rings. The van der Waals surface area contributed by atoms with Crippen molar-refractivity contribution in [2.75, 3.05) is 0 Å². The molecule has 0 aromatic heterocycles. The predicted molar refractivity (Wildman–Crippen MR) is 82.9 cm³/mol. The first kappa shape index (κ1) is 13.8. The summed E-state index contributed by atoms with van der Waals surface area (Å²) in [5.41, 5.74) is 1.66. The standard InChI is InChI=1S/C17H21Cl2/c18-15-8-7-14(11-16(15)19)17(9-4-10-17)12-13-5-2-1-3-6-13/h7-8,11-13H,1-6,9-10H2. The molecule has 2 aliphatic carbocycles. The Balaban J connectivity index is 1.79. The maximum absolute atomic E-state index is 6.20. The third kappa shape index (κ3) is 2.81. The molecular weight excluding hydrogens is 275 g/mol. The quantitative estimate of drug-likeness (QED) is 0.623. The van der Waals surface area contributed by atoms with Crippen LogP contribution in [0.4, 0.5) is 0 Å². The molecule has 0 atom stereocenters. The lowest BCUT2D eigenvalue weighted by atomic mass is 9.59. The van der Waals surface area contributed by atoms with Gasteiger partial charge in [0.1, 0.15) is 0 Å². The summed E-state index contributed by atoms with van der Waals surface area (Å²) in [6.45, 7) is 0. The zero-order valence-electron chi connectivity index (χ0n) is 11.3. The van der Waals surface area contributed by atoms with Crippen LogP contribution in [0.1, 0.15) is 56.9 Å². The fourth-order valence-electron chi connectivity index (χ4n) is 3.67. The van der Waals surface area contributed by atoms with Crippen molar-refractivity contribution in [3.05, 3.63) is 40.2 Å². The van der Waals surface area contributed by atoms with Crippen molar-refractivity contribution in [1.29, 1.82) is 0 Å². The van der Waals surface area contributed by atoms with Gasteiger partial charge in [0.25, 0.3) is 0 Å². The van der Waals surface area contributed by atoms with Gasteiger partial charge in [0.2, 0.25) is 0 Å². The van der Waals surface area contributed by atoms with E-state index in [2.05, 4.69) is 18.6 Å². The maximum Gasteiger partial charge on any atom is 0.0595 e. The Hall–Kier alpha value is -0.200. The lowest BCUT2D eigenvalue weighted by Crippen LogP contribution is -2.37. The van der Waals surface area contributed by atoms with Crippen molar-refractivity contribution in [3.63, 3.8) is 0 Å². The highest BCUT2D eigenvalue weighted by atomic mass is 35.5. The van der Waals surface area contributed by atoms with E-state index in [1.807, 2.05) is 6.07 Å². The molecule has 0 N–H and O–H groups in total. The van der Waals surface area contributed by atoms with Gasteiger partial charge < -0.3 is 0 Å². The molecule has 1 aromatic carbocycles. The molecule has 3 rings (SSSR count). The molecule has 0 spiro atoms. The van der Waals surface area contributed by atoms with E-state index in [1.54, 1.807) is 0 Å². The van der Waals surface area contributed by atoms with Gasteiger partial charge >= 0.3 is 0 Å². The van der Waals surface area contributed by atoms with Crippen molar-refractivity contribution in [2.45, 2.75) is 56.8 Å². The Bertz CT molecular complexity index is 443. The molecule has 103 valence electrons. The Labute approximate surface area is 126 Å². The van der Waals surface area contributed by atoms with E-state index >= 15 is 0 Å². The van der Waals surface area contributed by atoms with Crippen molar-refractivity contribution >= 4 is 23.2 Å². The first-order valence-corrected chi connectivity index (χ1v) is 8.27. The molecule has 0 nitrogen and oxygen atoms in total. The summed E-state index contributed by atoms with van der Waals surface area (Å²) in [5.74, 6) is 0.809. The minimum atomic E-state index is 0.288. The monoisotopic (exact) mass is 295 g/mol. The largest absolute Gasteiger partial charge is 0.0827 e. The summed E-state index contributed by atoms with van der Waals surface area (Å²) in [5, 5.41) is 1.36. The van der Waals surface area contributed by atoms with E-state index in [1.165, 1.54) is 56.9 Å². The Morgan fingerprint density at radius 2 is 1.68 bits per heavy atom. The average Bonchev–Trinajstić information content (AvgIpc) is 2.38. The van der Waals surface area contributed by atoms with Crippen LogP contribution < -0.4 is 0 Å². The SMILES string of the molecule is Clc1ccc(C2([CH]C3CCCCC3)CCC2)cc1Cl.